The van der Waals surface area contributed by atoms with Gasteiger partial charge in [0.1, 0.15) is 48.3 Å². The van der Waals surface area contributed by atoms with Crippen molar-refractivity contribution in [3.63, 3.8) is 0 Å². The van der Waals surface area contributed by atoms with Crippen LogP contribution in [0.15, 0.2) is 36.6 Å². The average Bonchev–Trinajstić information content (AvgIpc) is 3.78. The maximum atomic E-state index is 13.0. The number of rotatable bonds is 11. The SMILES string of the molecule is COc1ccc(/C=C/C(=O)O[C@H]2[C@H](O[C@H]3[C@@H]4C=CO[C@@H](O[C@@H]5O[C@H](CO)[C@@H](O)[C@H](O)[C@H]5O)[C@@H]4[C@@]4(CO)O[C@@H]34)O[C@@H](C)[C@H](O)[C@H]2O)cc1OC. The van der Waals surface area contributed by atoms with Gasteiger partial charge in [0.05, 0.1) is 51.8 Å². The Bertz CT molecular complexity index is 1390. The number of carbonyl (C=O) groups is 1. The topological polar surface area (TPSA) is 245 Å². The van der Waals surface area contributed by atoms with Crippen molar-refractivity contribution in [3.05, 3.63) is 42.2 Å². The van der Waals surface area contributed by atoms with E-state index in [0.717, 1.165) is 6.08 Å². The maximum absolute atomic E-state index is 13.0. The molecule has 4 heterocycles. The molecule has 0 spiro atoms. The third-order valence-corrected chi connectivity index (χ3v) is 9.75. The highest BCUT2D eigenvalue weighted by molar-refractivity contribution is 5.87. The van der Waals surface area contributed by atoms with Crippen molar-refractivity contribution in [2.45, 2.75) is 92.4 Å². The van der Waals surface area contributed by atoms with Crippen molar-refractivity contribution in [2.75, 3.05) is 27.4 Å². The molecule has 272 valence electrons. The molecule has 1 aromatic rings. The van der Waals surface area contributed by atoms with Crippen molar-refractivity contribution < 1.29 is 83.2 Å². The van der Waals surface area contributed by atoms with Crippen molar-refractivity contribution >= 4 is 12.0 Å². The summed E-state index contributed by atoms with van der Waals surface area (Å²) in [6.07, 6.45) is -11.9. The summed E-state index contributed by atoms with van der Waals surface area (Å²) in [4.78, 5) is 13.0. The Morgan fingerprint density at radius 1 is 0.878 bits per heavy atom. The molecule has 1 saturated carbocycles. The molecule has 6 rings (SSSR count). The highest BCUT2D eigenvalue weighted by Crippen LogP contribution is 2.61. The number of fused-ring (bicyclic) bond motifs is 3. The van der Waals surface area contributed by atoms with Gasteiger partial charge in [-0.2, -0.15) is 0 Å². The van der Waals surface area contributed by atoms with Gasteiger partial charge in [0.2, 0.25) is 6.29 Å². The minimum Gasteiger partial charge on any atom is -0.493 e. The summed E-state index contributed by atoms with van der Waals surface area (Å²) >= 11 is 0. The summed E-state index contributed by atoms with van der Waals surface area (Å²) in [5.74, 6) is -1.28. The van der Waals surface area contributed by atoms with Crippen LogP contribution >= 0.6 is 0 Å². The van der Waals surface area contributed by atoms with Crippen LogP contribution in [0.3, 0.4) is 0 Å². The van der Waals surface area contributed by atoms with Crippen molar-refractivity contribution in [1.29, 1.82) is 0 Å². The molecule has 5 aliphatic rings. The van der Waals surface area contributed by atoms with E-state index >= 15 is 0 Å². The highest BCUT2D eigenvalue weighted by atomic mass is 16.8. The molecule has 0 amide bonds. The molecule has 0 aromatic heterocycles. The van der Waals surface area contributed by atoms with E-state index < -0.39 is 117 Å². The van der Waals surface area contributed by atoms with Gasteiger partial charge >= 0.3 is 5.97 Å². The second-order valence-electron chi connectivity index (χ2n) is 12.6. The van der Waals surface area contributed by atoms with E-state index in [1.807, 2.05) is 0 Å². The minimum absolute atomic E-state index is 0.443. The molecule has 3 saturated heterocycles. The number of epoxide rings is 1. The monoisotopic (exact) mass is 698 g/mol. The van der Waals surface area contributed by atoms with E-state index in [-0.39, 0.29) is 0 Å². The number of carbonyl (C=O) groups excluding carboxylic acids is 1. The van der Waals surface area contributed by atoms with Crippen molar-refractivity contribution in [2.24, 2.45) is 11.8 Å². The zero-order chi connectivity index (χ0) is 35.2. The van der Waals surface area contributed by atoms with Crippen LogP contribution in [0.2, 0.25) is 0 Å². The van der Waals surface area contributed by atoms with Crippen LogP contribution in [-0.4, -0.2) is 155 Å². The van der Waals surface area contributed by atoms with E-state index in [4.69, 9.17) is 42.6 Å². The predicted molar refractivity (Wildman–Crippen MR) is 160 cm³/mol. The van der Waals surface area contributed by atoms with Gasteiger partial charge < -0.3 is 78.4 Å². The summed E-state index contributed by atoms with van der Waals surface area (Å²) in [6, 6.07) is 5.00. The fourth-order valence-electron chi connectivity index (χ4n) is 7.00. The number of hydrogen-bond donors (Lipinski definition) is 7. The van der Waals surface area contributed by atoms with Gasteiger partial charge in [0, 0.05) is 12.0 Å². The van der Waals surface area contributed by atoms with Gasteiger partial charge in [0.25, 0.3) is 0 Å². The normalized spacial score (nSPS) is 44.2. The van der Waals surface area contributed by atoms with Crippen LogP contribution in [0.4, 0.5) is 0 Å². The lowest BCUT2D eigenvalue weighted by atomic mass is 9.85. The maximum Gasteiger partial charge on any atom is 0.331 e. The fourth-order valence-corrected chi connectivity index (χ4v) is 7.00. The first-order valence-corrected chi connectivity index (χ1v) is 15.8. The van der Waals surface area contributed by atoms with Crippen LogP contribution < -0.4 is 9.47 Å². The number of aliphatic hydroxyl groups is 7. The van der Waals surface area contributed by atoms with E-state index in [9.17, 15) is 40.5 Å². The number of benzene rings is 1. The second-order valence-corrected chi connectivity index (χ2v) is 12.6. The van der Waals surface area contributed by atoms with E-state index in [2.05, 4.69) is 0 Å². The van der Waals surface area contributed by atoms with Crippen molar-refractivity contribution in [1.82, 2.24) is 0 Å². The first kappa shape index (κ1) is 35.9. The molecule has 7 N–H and O–H groups in total. The Morgan fingerprint density at radius 2 is 1.63 bits per heavy atom. The third-order valence-electron chi connectivity index (χ3n) is 9.75. The number of aliphatic hydroxyl groups excluding tert-OH is 7. The molecular formula is C32H42O17. The predicted octanol–water partition coefficient (Wildman–Crippen LogP) is -2.46. The van der Waals surface area contributed by atoms with Gasteiger partial charge in [-0.25, -0.2) is 4.79 Å². The molecular weight excluding hydrogens is 656 g/mol. The first-order valence-electron chi connectivity index (χ1n) is 15.8. The summed E-state index contributed by atoms with van der Waals surface area (Å²) in [5, 5.41) is 72.5. The van der Waals surface area contributed by atoms with Gasteiger partial charge in [-0.05, 0) is 36.8 Å². The molecule has 17 heteroatoms. The second kappa shape index (κ2) is 14.4. The Labute approximate surface area is 280 Å². The Kier molecular flexibility index (Phi) is 10.5. The molecule has 4 fully saturated rings. The van der Waals surface area contributed by atoms with E-state index in [1.54, 1.807) is 24.3 Å². The van der Waals surface area contributed by atoms with Gasteiger partial charge in [-0.1, -0.05) is 6.07 Å². The van der Waals surface area contributed by atoms with Gasteiger partial charge in [-0.3, -0.25) is 0 Å². The molecule has 0 bridgehead atoms. The van der Waals surface area contributed by atoms with Crippen LogP contribution in [0, 0.1) is 11.8 Å². The highest BCUT2D eigenvalue weighted by Gasteiger charge is 2.77. The van der Waals surface area contributed by atoms with Crippen LogP contribution in [-0.2, 0) is 38.0 Å². The Morgan fingerprint density at radius 3 is 2.33 bits per heavy atom. The lowest BCUT2D eigenvalue weighted by Crippen LogP contribution is -2.61. The van der Waals surface area contributed by atoms with Gasteiger partial charge in [-0.15, -0.1) is 0 Å². The van der Waals surface area contributed by atoms with E-state index in [1.165, 1.54) is 33.5 Å². The number of esters is 1. The van der Waals surface area contributed by atoms with Crippen LogP contribution in [0.1, 0.15) is 12.5 Å². The largest absolute Gasteiger partial charge is 0.493 e. The number of ether oxygens (including phenoxy) is 9. The molecule has 4 aliphatic heterocycles. The summed E-state index contributed by atoms with van der Waals surface area (Å²) in [7, 11) is 2.97. The van der Waals surface area contributed by atoms with Crippen LogP contribution in [0.25, 0.3) is 6.08 Å². The third kappa shape index (κ3) is 6.55. The first-order chi connectivity index (χ1) is 23.5. The zero-order valence-corrected chi connectivity index (χ0v) is 26.8. The molecule has 49 heavy (non-hydrogen) atoms. The molecule has 0 unspecified atom stereocenters. The molecule has 1 aliphatic carbocycles. The van der Waals surface area contributed by atoms with Gasteiger partial charge in [0.15, 0.2) is 30.2 Å². The molecule has 0 radical (unpaired) electrons. The quantitative estimate of drug-likeness (QED) is 0.0720. The lowest BCUT2D eigenvalue weighted by Gasteiger charge is -2.44. The summed E-state index contributed by atoms with van der Waals surface area (Å²) in [5.41, 5.74) is -0.655. The smallest absolute Gasteiger partial charge is 0.331 e. The summed E-state index contributed by atoms with van der Waals surface area (Å²) in [6.45, 7) is 0.357. The molecule has 16 atom stereocenters. The van der Waals surface area contributed by atoms with E-state index in [0.29, 0.717) is 17.1 Å². The summed E-state index contributed by atoms with van der Waals surface area (Å²) < 4.78 is 51.4. The Balaban J connectivity index is 1.18. The van der Waals surface area contributed by atoms with Crippen LogP contribution in [0.5, 0.6) is 11.5 Å². The number of hydrogen-bond acceptors (Lipinski definition) is 17. The zero-order valence-electron chi connectivity index (χ0n) is 26.8. The number of methoxy groups -OCH3 is 2. The minimum atomic E-state index is -1.71. The average molecular weight is 699 g/mol. The standard InChI is InChI=1S/C32H42O17/c1-13-21(36)24(39)27(46-19(35)7-5-14-4-6-16(41-2)17(10-14)42-3)31(44-13)47-26-15-8-9-43-29(20(15)32(12-34)28(26)49-32)48-30-25(40)23(38)22(37)18(11-33)45-30/h4-10,13,15,18,20-31,33-34,36-40H,11-12H2,1-3H3/b7-5+/t13-,15+,18+,20+,21-,22+,23-,24+,25+,26-,27+,28-,29-,30-,31-,32+/m0/s1. The molecule has 1 aromatic carbocycles. The van der Waals surface area contributed by atoms with Crippen molar-refractivity contribution in [3.8, 4) is 11.5 Å². The Hall–Kier alpha value is -2.91. The molecule has 17 nitrogen and oxygen atoms in total. The fraction of sp³-hybridized carbons (Fsp3) is 0.656. The lowest BCUT2D eigenvalue weighted by molar-refractivity contribution is -0.347.